The fourth-order valence-corrected chi connectivity index (χ4v) is 2.88. The maximum Gasteiger partial charge on any atom is 0.191 e. The van der Waals surface area contributed by atoms with Crippen LogP contribution in [0.15, 0.2) is 41.5 Å². The van der Waals surface area contributed by atoms with E-state index in [1.165, 1.54) is 12.1 Å². The third kappa shape index (κ3) is 3.84. The van der Waals surface area contributed by atoms with Gasteiger partial charge in [-0.25, -0.2) is 4.39 Å². The van der Waals surface area contributed by atoms with E-state index in [-0.39, 0.29) is 5.82 Å². The van der Waals surface area contributed by atoms with Gasteiger partial charge in [-0.2, -0.15) is 5.10 Å². The Hall–Kier alpha value is -2.57. The number of aryl methyl sites for hydroxylation is 1. The van der Waals surface area contributed by atoms with Crippen LogP contribution in [0.4, 0.5) is 10.1 Å². The number of hydrogen-bond donors (Lipinski definition) is 1. The summed E-state index contributed by atoms with van der Waals surface area (Å²) >= 11 is 0. The Labute approximate surface area is 141 Å². The Kier molecular flexibility index (Phi) is 4.98. The zero-order valence-electron chi connectivity index (χ0n) is 13.9. The lowest BCUT2D eigenvalue weighted by molar-refractivity contribution is 0.381. The van der Waals surface area contributed by atoms with Gasteiger partial charge in [0.05, 0.1) is 0 Å². The minimum absolute atomic E-state index is 0.206. The second-order valence-electron chi connectivity index (χ2n) is 5.89. The first-order chi connectivity index (χ1) is 11.6. The van der Waals surface area contributed by atoms with Crippen LogP contribution in [-0.4, -0.2) is 53.4 Å². The van der Waals surface area contributed by atoms with E-state index in [1.807, 2.05) is 29.9 Å². The van der Waals surface area contributed by atoms with Gasteiger partial charge < -0.3 is 15.5 Å². The molecular formula is C17H23FN6. The van der Waals surface area contributed by atoms with Crippen molar-refractivity contribution in [3.8, 4) is 0 Å². The third-order valence-corrected chi connectivity index (χ3v) is 4.36. The summed E-state index contributed by atoms with van der Waals surface area (Å²) in [5, 5.41) is 4.14. The molecule has 1 fully saturated rings. The van der Waals surface area contributed by atoms with Crippen LogP contribution < -0.4 is 10.6 Å². The molecule has 0 bridgehead atoms. The Morgan fingerprint density at radius 3 is 2.50 bits per heavy atom. The smallest absolute Gasteiger partial charge is 0.191 e. The van der Waals surface area contributed by atoms with Crippen molar-refractivity contribution < 1.29 is 4.39 Å². The zero-order valence-corrected chi connectivity index (χ0v) is 13.9. The van der Waals surface area contributed by atoms with Crippen molar-refractivity contribution in [2.45, 2.75) is 6.42 Å². The van der Waals surface area contributed by atoms with E-state index >= 15 is 0 Å². The summed E-state index contributed by atoms with van der Waals surface area (Å²) in [6.07, 6.45) is 2.61. The van der Waals surface area contributed by atoms with Gasteiger partial charge >= 0.3 is 0 Å². The summed E-state index contributed by atoms with van der Waals surface area (Å²) in [4.78, 5) is 8.82. The number of nitrogens with two attached hydrogens (primary N) is 1. The molecule has 0 radical (unpaired) electrons. The predicted molar refractivity (Wildman–Crippen MR) is 93.6 cm³/mol. The molecule has 0 atom stereocenters. The van der Waals surface area contributed by atoms with Crippen LogP contribution in [0.3, 0.4) is 0 Å². The van der Waals surface area contributed by atoms with Crippen LogP contribution in [0, 0.1) is 5.82 Å². The molecule has 6 nitrogen and oxygen atoms in total. The summed E-state index contributed by atoms with van der Waals surface area (Å²) in [5.41, 5.74) is 8.31. The van der Waals surface area contributed by atoms with Crippen molar-refractivity contribution in [1.82, 2.24) is 14.7 Å². The maximum absolute atomic E-state index is 13.0. The molecule has 24 heavy (non-hydrogen) atoms. The van der Waals surface area contributed by atoms with E-state index in [0.29, 0.717) is 12.5 Å². The van der Waals surface area contributed by atoms with E-state index in [9.17, 15) is 4.39 Å². The molecule has 2 aromatic rings. The SMILES string of the molecule is Cn1nccc1CCN=C(N)N1CCN(c2ccc(F)cc2)CC1. The van der Waals surface area contributed by atoms with Crippen LogP contribution in [-0.2, 0) is 13.5 Å². The molecule has 0 aliphatic carbocycles. The van der Waals surface area contributed by atoms with Crippen molar-refractivity contribution in [3.05, 3.63) is 48.0 Å². The van der Waals surface area contributed by atoms with E-state index in [0.717, 1.165) is 44.0 Å². The molecule has 3 rings (SSSR count). The summed E-state index contributed by atoms with van der Waals surface area (Å²) in [7, 11) is 1.93. The Bertz CT molecular complexity index is 685. The number of aliphatic imine (C=N–C) groups is 1. The lowest BCUT2D eigenvalue weighted by Crippen LogP contribution is -2.51. The van der Waals surface area contributed by atoms with Crippen molar-refractivity contribution in [3.63, 3.8) is 0 Å². The van der Waals surface area contributed by atoms with Crippen molar-refractivity contribution in [1.29, 1.82) is 0 Å². The first-order valence-corrected chi connectivity index (χ1v) is 8.16. The van der Waals surface area contributed by atoms with E-state index in [4.69, 9.17) is 5.73 Å². The fourth-order valence-electron chi connectivity index (χ4n) is 2.88. The third-order valence-electron chi connectivity index (χ3n) is 4.36. The number of benzene rings is 1. The van der Waals surface area contributed by atoms with Gasteiger partial charge in [0.25, 0.3) is 0 Å². The molecule has 7 heteroatoms. The van der Waals surface area contributed by atoms with Gasteiger partial charge in [-0.3, -0.25) is 9.67 Å². The molecule has 1 aliphatic heterocycles. The average Bonchev–Trinajstić information content (AvgIpc) is 3.01. The second kappa shape index (κ2) is 7.33. The number of aromatic nitrogens is 2. The number of piperazine rings is 1. The van der Waals surface area contributed by atoms with Crippen molar-refractivity contribution in [2.75, 3.05) is 37.6 Å². The molecule has 1 aromatic heterocycles. The minimum Gasteiger partial charge on any atom is -0.370 e. The van der Waals surface area contributed by atoms with E-state index < -0.39 is 0 Å². The monoisotopic (exact) mass is 330 g/mol. The highest BCUT2D eigenvalue weighted by Gasteiger charge is 2.18. The van der Waals surface area contributed by atoms with Crippen LogP contribution in [0.5, 0.6) is 0 Å². The van der Waals surface area contributed by atoms with Crippen LogP contribution in [0.2, 0.25) is 0 Å². The van der Waals surface area contributed by atoms with Gasteiger partial charge in [0.15, 0.2) is 5.96 Å². The Balaban J connectivity index is 1.49. The zero-order chi connectivity index (χ0) is 16.9. The molecule has 0 spiro atoms. The molecule has 2 heterocycles. The second-order valence-corrected chi connectivity index (χ2v) is 5.89. The van der Waals surface area contributed by atoms with Crippen molar-refractivity contribution >= 4 is 11.6 Å². The molecule has 1 aromatic carbocycles. The lowest BCUT2D eigenvalue weighted by Gasteiger charge is -2.36. The molecule has 1 aliphatic rings. The highest BCUT2D eigenvalue weighted by molar-refractivity contribution is 5.78. The molecule has 0 saturated carbocycles. The number of guanidine groups is 1. The summed E-state index contributed by atoms with van der Waals surface area (Å²) in [6, 6.07) is 8.62. The molecule has 1 saturated heterocycles. The summed E-state index contributed by atoms with van der Waals surface area (Å²) in [6.45, 7) is 3.99. The van der Waals surface area contributed by atoms with Gasteiger partial charge in [-0.1, -0.05) is 0 Å². The summed E-state index contributed by atoms with van der Waals surface area (Å²) in [5.74, 6) is 0.387. The molecule has 0 unspecified atom stereocenters. The van der Waals surface area contributed by atoms with Gasteiger partial charge in [0.1, 0.15) is 5.82 Å². The highest BCUT2D eigenvalue weighted by Crippen LogP contribution is 2.16. The first kappa shape index (κ1) is 16.3. The standard InChI is InChI=1S/C17H23FN6/c1-22-15(7-9-21-22)6-8-20-17(19)24-12-10-23(11-13-24)16-4-2-14(18)3-5-16/h2-5,7,9H,6,8,10-13H2,1H3,(H2,19,20). The molecule has 0 amide bonds. The van der Waals surface area contributed by atoms with Gasteiger partial charge in [0.2, 0.25) is 0 Å². The maximum atomic E-state index is 13.0. The Morgan fingerprint density at radius 1 is 1.17 bits per heavy atom. The first-order valence-electron chi connectivity index (χ1n) is 8.16. The number of halogens is 1. The normalized spacial score (nSPS) is 15.8. The van der Waals surface area contributed by atoms with E-state index in [1.54, 1.807) is 6.20 Å². The van der Waals surface area contributed by atoms with Crippen LogP contribution in [0.25, 0.3) is 0 Å². The topological polar surface area (TPSA) is 62.7 Å². The van der Waals surface area contributed by atoms with E-state index in [2.05, 4.69) is 19.9 Å². The number of anilines is 1. The molecule has 128 valence electrons. The minimum atomic E-state index is -0.206. The van der Waals surface area contributed by atoms with Crippen molar-refractivity contribution in [2.24, 2.45) is 17.8 Å². The predicted octanol–water partition coefficient (Wildman–Crippen LogP) is 1.24. The quantitative estimate of drug-likeness (QED) is 0.677. The number of nitrogens with zero attached hydrogens (tertiary/aromatic N) is 5. The highest BCUT2D eigenvalue weighted by atomic mass is 19.1. The van der Waals surface area contributed by atoms with Gasteiger partial charge in [-0.15, -0.1) is 0 Å². The molecular weight excluding hydrogens is 307 g/mol. The van der Waals surface area contributed by atoms with Crippen LogP contribution in [0.1, 0.15) is 5.69 Å². The van der Waals surface area contributed by atoms with Gasteiger partial charge in [0, 0.05) is 63.8 Å². The van der Waals surface area contributed by atoms with Crippen LogP contribution >= 0.6 is 0 Å². The largest absolute Gasteiger partial charge is 0.370 e. The number of hydrogen-bond acceptors (Lipinski definition) is 3. The average molecular weight is 330 g/mol. The lowest BCUT2D eigenvalue weighted by atomic mass is 10.2. The Morgan fingerprint density at radius 2 is 1.88 bits per heavy atom. The summed E-state index contributed by atoms with van der Waals surface area (Å²) < 4.78 is 14.9. The van der Waals surface area contributed by atoms with Gasteiger partial charge in [-0.05, 0) is 30.3 Å². The fraction of sp³-hybridized carbons (Fsp3) is 0.412. The number of rotatable bonds is 4. The molecule has 2 N–H and O–H groups in total.